The van der Waals surface area contributed by atoms with Crippen molar-refractivity contribution >= 4 is 33.5 Å². The lowest BCUT2D eigenvalue weighted by Gasteiger charge is -1.90. The zero-order valence-corrected chi connectivity index (χ0v) is 17.9. The van der Waals surface area contributed by atoms with Crippen molar-refractivity contribution < 1.29 is 57.1 Å². The Bertz CT molecular complexity index is 580. The summed E-state index contributed by atoms with van der Waals surface area (Å²) in [5.74, 6) is 0. The summed E-state index contributed by atoms with van der Waals surface area (Å²) in [6.45, 7) is 0. The number of nitrogens with one attached hydrogen (secondary N) is 2. The molecular weight excluding hydrogens is 549 g/mol. The number of hydrogen-bond donors (Lipinski definition) is 2. The molecule has 0 aliphatic carbocycles. The van der Waals surface area contributed by atoms with E-state index in [0.29, 0.717) is 0 Å². The summed E-state index contributed by atoms with van der Waals surface area (Å²) in [4.78, 5) is 0. The second kappa shape index (κ2) is 12.1. The zero-order valence-electron chi connectivity index (χ0n) is 12.0. The quantitative estimate of drug-likeness (QED) is 0.213. The van der Waals surface area contributed by atoms with Gasteiger partial charge in [0.05, 0.1) is 11.1 Å². The molecule has 0 amide bonds. The van der Waals surface area contributed by atoms with Crippen LogP contribution >= 0.6 is 23.2 Å². The number of aryl methyl sites for hydroxylation is 2. The first kappa shape index (κ1) is 23.9. The maximum absolute atomic E-state index is 7.08. The molecule has 0 fully saturated rings. The summed E-state index contributed by atoms with van der Waals surface area (Å²) < 4.78 is 3.71. The highest BCUT2D eigenvalue weighted by molar-refractivity contribution is 6.68. The van der Waals surface area contributed by atoms with Gasteiger partial charge in [0.25, 0.3) is 0 Å². The molecular formula is C14H16Cl2I2N4. The van der Waals surface area contributed by atoms with Gasteiger partial charge in [-0.3, -0.25) is 10.8 Å². The molecule has 0 bridgehead atoms. The Morgan fingerprint density at radius 1 is 0.818 bits per heavy atom. The molecule has 0 radical (unpaired) electrons. The minimum absolute atomic E-state index is 0. The average molecular weight is 565 g/mol. The molecule has 22 heavy (non-hydrogen) atoms. The van der Waals surface area contributed by atoms with Gasteiger partial charge in [0.15, 0.2) is 24.8 Å². The smallest absolute Gasteiger partial charge is 0.178 e. The van der Waals surface area contributed by atoms with Gasteiger partial charge in [-0.2, -0.15) is 0 Å². The maximum Gasteiger partial charge on any atom is 0.178 e. The molecule has 0 aliphatic heterocycles. The van der Waals surface area contributed by atoms with Crippen molar-refractivity contribution in [2.45, 2.75) is 0 Å². The van der Waals surface area contributed by atoms with Crippen LogP contribution in [0.25, 0.3) is 0 Å². The topological polar surface area (TPSA) is 55.5 Å². The molecule has 0 aliphatic rings. The Hall–Kier alpha value is -0.320. The SMILES string of the molecule is C[n+]1cccc(C(=N)Cl)c1.C[n+]1cccc(C(=N)Cl)c1.[I-].[I-]. The number of rotatable bonds is 2. The summed E-state index contributed by atoms with van der Waals surface area (Å²) in [6, 6.07) is 7.31. The van der Waals surface area contributed by atoms with Crippen molar-refractivity contribution in [3.8, 4) is 0 Å². The normalized spacial score (nSPS) is 8.55. The van der Waals surface area contributed by atoms with Crippen LogP contribution in [0, 0.1) is 10.8 Å². The third-order valence-electron chi connectivity index (χ3n) is 2.39. The van der Waals surface area contributed by atoms with Crippen molar-refractivity contribution in [3.63, 3.8) is 0 Å². The summed E-state index contributed by atoms with van der Waals surface area (Å²) in [6.07, 6.45) is 7.39. The summed E-state index contributed by atoms with van der Waals surface area (Å²) in [5, 5.41) is 14.3. The van der Waals surface area contributed by atoms with Crippen molar-refractivity contribution in [2.24, 2.45) is 14.1 Å². The molecule has 0 aromatic carbocycles. The van der Waals surface area contributed by atoms with E-state index < -0.39 is 0 Å². The summed E-state index contributed by atoms with van der Waals surface area (Å²) in [5.41, 5.74) is 1.48. The lowest BCUT2D eigenvalue weighted by Crippen LogP contribution is -3.00. The number of halogens is 4. The van der Waals surface area contributed by atoms with Crippen LogP contribution < -0.4 is 57.1 Å². The second-order valence-corrected chi connectivity index (χ2v) is 4.90. The number of pyridine rings is 2. The maximum atomic E-state index is 7.08. The van der Waals surface area contributed by atoms with E-state index in [2.05, 4.69) is 0 Å². The first-order valence-corrected chi connectivity index (χ1v) is 6.55. The third kappa shape index (κ3) is 8.96. The van der Waals surface area contributed by atoms with Crippen molar-refractivity contribution in [2.75, 3.05) is 0 Å². The van der Waals surface area contributed by atoms with Crippen LogP contribution in [0.2, 0.25) is 0 Å². The van der Waals surface area contributed by atoms with E-state index >= 15 is 0 Å². The fraction of sp³-hybridized carbons (Fsp3) is 0.143. The Kier molecular flexibility index (Phi) is 13.2. The first-order valence-electron chi connectivity index (χ1n) is 5.79. The highest BCUT2D eigenvalue weighted by Gasteiger charge is 2.00. The van der Waals surface area contributed by atoms with E-state index in [4.69, 9.17) is 34.0 Å². The molecule has 2 heterocycles. The van der Waals surface area contributed by atoms with Gasteiger partial charge >= 0.3 is 0 Å². The van der Waals surface area contributed by atoms with E-state index in [9.17, 15) is 0 Å². The summed E-state index contributed by atoms with van der Waals surface area (Å²) in [7, 11) is 3.78. The average Bonchev–Trinajstić information content (AvgIpc) is 2.39. The monoisotopic (exact) mass is 564 g/mol. The Morgan fingerprint density at radius 3 is 1.32 bits per heavy atom. The molecule has 2 rings (SSSR count). The minimum Gasteiger partial charge on any atom is -1.00 e. The van der Waals surface area contributed by atoms with Crippen molar-refractivity contribution in [1.82, 2.24) is 0 Å². The van der Waals surface area contributed by atoms with Gasteiger partial charge in [0, 0.05) is 12.1 Å². The van der Waals surface area contributed by atoms with Crippen molar-refractivity contribution in [1.29, 1.82) is 10.8 Å². The Morgan fingerprint density at radius 2 is 1.14 bits per heavy atom. The predicted molar refractivity (Wildman–Crippen MR) is 80.6 cm³/mol. The number of nitrogens with zero attached hydrogens (tertiary/aromatic N) is 2. The number of aromatic nitrogens is 2. The molecule has 120 valence electrons. The van der Waals surface area contributed by atoms with E-state index in [0.717, 1.165) is 11.1 Å². The van der Waals surface area contributed by atoms with Crippen LogP contribution in [-0.2, 0) is 14.1 Å². The van der Waals surface area contributed by atoms with Gasteiger partial charge < -0.3 is 48.0 Å². The number of hydrogen-bond acceptors (Lipinski definition) is 2. The fourth-order valence-corrected chi connectivity index (χ4v) is 1.66. The standard InChI is InChI=1S/2C7H8ClN2.2HI/c2*1-10-4-2-3-6(5-10)7(8)9;;/h2*2-5,9H,1H3;2*1H/q2*+1;;/p-2. The van der Waals surface area contributed by atoms with Crippen LogP contribution in [0.4, 0.5) is 0 Å². The molecule has 0 unspecified atom stereocenters. The van der Waals surface area contributed by atoms with E-state index in [1.807, 2.05) is 47.8 Å². The lowest BCUT2D eigenvalue weighted by molar-refractivity contribution is -0.671. The Labute approximate surface area is 174 Å². The zero-order chi connectivity index (χ0) is 15.1. The van der Waals surface area contributed by atoms with Crippen LogP contribution in [0.3, 0.4) is 0 Å². The molecule has 2 N–H and O–H groups in total. The van der Waals surface area contributed by atoms with Crippen LogP contribution in [0.5, 0.6) is 0 Å². The Balaban J connectivity index is 0. The molecule has 0 atom stereocenters. The van der Waals surface area contributed by atoms with Crippen LogP contribution in [0.1, 0.15) is 11.1 Å². The molecule has 8 heteroatoms. The predicted octanol–water partition coefficient (Wildman–Crippen LogP) is -3.84. The van der Waals surface area contributed by atoms with Crippen LogP contribution in [-0.4, -0.2) is 10.3 Å². The highest BCUT2D eigenvalue weighted by Crippen LogP contribution is 1.98. The summed E-state index contributed by atoms with van der Waals surface area (Å²) >= 11 is 10.9. The van der Waals surface area contributed by atoms with E-state index in [1.165, 1.54) is 0 Å². The lowest BCUT2D eigenvalue weighted by atomic mass is 10.3. The van der Waals surface area contributed by atoms with E-state index in [1.54, 1.807) is 24.5 Å². The molecule has 0 saturated heterocycles. The molecule has 0 spiro atoms. The van der Waals surface area contributed by atoms with Crippen molar-refractivity contribution in [3.05, 3.63) is 60.2 Å². The molecule has 2 aromatic rings. The highest BCUT2D eigenvalue weighted by atomic mass is 127. The minimum atomic E-state index is 0. The van der Waals surface area contributed by atoms with Gasteiger partial charge in [-0.1, -0.05) is 23.2 Å². The van der Waals surface area contributed by atoms with Gasteiger partial charge in [0.1, 0.15) is 24.4 Å². The van der Waals surface area contributed by atoms with Gasteiger partial charge in [0.2, 0.25) is 0 Å². The molecule has 4 nitrogen and oxygen atoms in total. The van der Waals surface area contributed by atoms with Gasteiger partial charge in [-0.05, 0) is 12.1 Å². The van der Waals surface area contributed by atoms with Crippen LogP contribution in [0.15, 0.2) is 49.1 Å². The molecule has 2 aromatic heterocycles. The van der Waals surface area contributed by atoms with Gasteiger partial charge in [-0.15, -0.1) is 0 Å². The molecule has 0 saturated carbocycles. The van der Waals surface area contributed by atoms with Gasteiger partial charge in [-0.25, -0.2) is 9.13 Å². The fourth-order valence-electron chi connectivity index (χ4n) is 1.44. The largest absolute Gasteiger partial charge is 1.00 e. The first-order chi connectivity index (χ1) is 9.40. The van der Waals surface area contributed by atoms with E-state index in [-0.39, 0.29) is 58.3 Å². The second-order valence-electron chi connectivity index (χ2n) is 4.14. The third-order valence-corrected chi connectivity index (χ3v) is 2.82.